The topological polar surface area (TPSA) is 35.5 Å². The minimum absolute atomic E-state index is 0.394. The van der Waals surface area contributed by atoms with E-state index >= 15 is 0 Å². The van der Waals surface area contributed by atoms with Crippen molar-refractivity contribution >= 4 is 26.0 Å². The van der Waals surface area contributed by atoms with Gasteiger partial charge in [-0.3, -0.25) is 0 Å². The van der Waals surface area contributed by atoms with Crippen LogP contribution in [0.5, 0.6) is 0 Å². The summed E-state index contributed by atoms with van der Waals surface area (Å²) in [4.78, 5) is 0. The molecular formula is C19H39O3PSn. The fourth-order valence-corrected chi connectivity index (χ4v) is 18.2. The van der Waals surface area contributed by atoms with E-state index in [-0.39, 0.29) is 0 Å². The standard InChI is InChI=1S/C7H12O3P.3C4H9.Sn/c1-4-7-11(8,9-5-2)10-6-3;3*1-3-4-2;/h1,7H,5-6H2,2-3H3;3*1,3-4H2,2H3;. The van der Waals surface area contributed by atoms with Crippen LogP contribution in [0, 0.1) is 0 Å². The average molecular weight is 465 g/mol. The molecule has 0 rings (SSSR count). The molecule has 0 aliphatic rings. The van der Waals surface area contributed by atoms with Crippen LogP contribution in [-0.2, 0) is 13.6 Å². The van der Waals surface area contributed by atoms with E-state index in [0.717, 1.165) is 0 Å². The van der Waals surface area contributed by atoms with Crippen molar-refractivity contribution in [3.8, 4) is 0 Å². The van der Waals surface area contributed by atoms with Gasteiger partial charge in [-0.15, -0.1) is 0 Å². The zero-order chi connectivity index (χ0) is 18.3. The van der Waals surface area contributed by atoms with Crippen molar-refractivity contribution in [3.05, 3.63) is 15.6 Å². The first-order valence-corrected chi connectivity index (χ1v) is 19.2. The van der Waals surface area contributed by atoms with Crippen molar-refractivity contribution in [2.24, 2.45) is 0 Å². The second kappa shape index (κ2) is 14.6. The van der Waals surface area contributed by atoms with E-state index in [1.807, 2.05) is 13.8 Å². The Morgan fingerprint density at radius 1 is 0.833 bits per heavy atom. The summed E-state index contributed by atoms with van der Waals surface area (Å²) in [6.45, 7) is 11.3. The third-order valence-electron chi connectivity index (χ3n) is 4.32. The molecule has 0 spiro atoms. The quantitative estimate of drug-likeness (QED) is 0.145. The van der Waals surface area contributed by atoms with Crippen LogP contribution < -0.4 is 0 Å². The van der Waals surface area contributed by atoms with Crippen LogP contribution in [0.25, 0.3) is 0 Å². The summed E-state index contributed by atoms with van der Waals surface area (Å²) in [6.07, 6.45) is 7.71. The van der Waals surface area contributed by atoms with Crippen LogP contribution in [-0.4, -0.2) is 31.6 Å². The van der Waals surface area contributed by atoms with Crippen molar-refractivity contribution in [1.29, 1.82) is 0 Å². The Hall–Kier alpha value is 0.469. The molecule has 0 aromatic carbocycles. The summed E-state index contributed by atoms with van der Waals surface area (Å²) >= 11 is -2.36. The van der Waals surface area contributed by atoms with Gasteiger partial charge in [0, 0.05) is 0 Å². The summed E-state index contributed by atoms with van der Waals surface area (Å²) < 4.78 is 29.8. The number of rotatable bonds is 15. The monoisotopic (exact) mass is 466 g/mol. The van der Waals surface area contributed by atoms with Crippen LogP contribution in [0.15, 0.2) is 15.6 Å². The Balaban J connectivity index is 5.41. The summed E-state index contributed by atoms with van der Waals surface area (Å²) in [6, 6.07) is 0. The molecule has 0 radical (unpaired) electrons. The zero-order valence-corrected chi connectivity index (χ0v) is 20.4. The molecule has 142 valence electrons. The van der Waals surface area contributed by atoms with Crippen molar-refractivity contribution in [2.75, 3.05) is 13.2 Å². The SMILES string of the molecule is CCC[CH2][Sn]([CH]=C=CP(=O)(OCC)OCC)([CH2]CCC)[CH2]CCC. The number of hydrogen-bond acceptors (Lipinski definition) is 3. The van der Waals surface area contributed by atoms with E-state index in [9.17, 15) is 4.57 Å². The molecule has 5 heteroatoms. The van der Waals surface area contributed by atoms with E-state index < -0.39 is 26.0 Å². The fourth-order valence-electron chi connectivity index (χ4n) is 2.96. The third-order valence-corrected chi connectivity index (χ3v) is 19.8. The van der Waals surface area contributed by atoms with Gasteiger partial charge >= 0.3 is 155 Å². The minimum atomic E-state index is -3.12. The van der Waals surface area contributed by atoms with Gasteiger partial charge in [-0.25, -0.2) is 0 Å². The molecule has 0 unspecified atom stereocenters. The van der Waals surface area contributed by atoms with Gasteiger partial charge in [0.1, 0.15) is 0 Å². The van der Waals surface area contributed by atoms with Gasteiger partial charge in [0.25, 0.3) is 0 Å². The van der Waals surface area contributed by atoms with E-state index in [4.69, 9.17) is 9.05 Å². The first kappa shape index (κ1) is 24.5. The van der Waals surface area contributed by atoms with Gasteiger partial charge < -0.3 is 0 Å². The second-order valence-electron chi connectivity index (χ2n) is 6.49. The maximum atomic E-state index is 12.6. The molecule has 0 N–H and O–H groups in total. The number of unbranched alkanes of at least 4 members (excludes halogenated alkanes) is 3. The maximum absolute atomic E-state index is 12.6. The van der Waals surface area contributed by atoms with Gasteiger partial charge in [-0.05, 0) is 0 Å². The van der Waals surface area contributed by atoms with E-state index in [0.29, 0.717) is 13.2 Å². The van der Waals surface area contributed by atoms with Crippen LogP contribution in [0.4, 0.5) is 0 Å². The molecule has 3 nitrogen and oxygen atoms in total. The molecule has 0 saturated heterocycles. The summed E-state index contributed by atoms with van der Waals surface area (Å²) in [5.74, 6) is 1.58. The summed E-state index contributed by atoms with van der Waals surface area (Å²) in [5, 5.41) is 0. The Labute approximate surface area is 154 Å². The van der Waals surface area contributed by atoms with Gasteiger partial charge in [-0.1, -0.05) is 0 Å². The van der Waals surface area contributed by atoms with Crippen LogP contribution in [0.3, 0.4) is 0 Å². The van der Waals surface area contributed by atoms with Gasteiger partial charge in [0.2, 0.25) is 0 Å². The first-order chi connectivity index (χ1) is 11.5. The molecule has 0 atom stereocenters. The molecular weight excluding hydrogens is 426 g/mol. The van der Waals surface area contributed by atoms with Gasteiger partial charge in [-0.2, -0.15) is 0 Å². The molecule has 0 bridgehead atoms. The molecule has 24 heavy (non-hydrogen) atoms. The van der Waals surface area contributed by atoms with Gasteiger partial charge in [0.05, 0.1) is 0 Å². The fraction of sp³-hybridized carbons (Fsp3) is 0.842. The first-order valence-electron chi connectivity index (χ1n) is 9.85. The molecule has 0 aromatic rings. The van der Waals surface area contributed by atoms with Crippen molar-refractivity contribution < 1.29 is 13.6 Å². The predicted octanol–water partition coefficient (Wildman–Crippen LogP) is 7.31. The summed E-state index contributed by atoms with van der Waals surface area (Å²) in [7, 11) is -3.12. The average Bonchev–Trinajstić information content (AvgIpc) is 2.56. The van der Waals surface area contributed by atoms with Crippen LogP contribution >= 0.6 is 7.60 Å². The molecule has 0 aromatic heterocycles. The molecule has 0 saturated carbocycles. The Morgan fingerprint density at radius 3 is 1.58 bits per heavy atom. The Bertz CT molecular complexity index is 385. The van der Waals surface area contributed by atoms with E-state index in [2.05, 4.69) is 30.6 Å². The molecule has 0 amide bonds. The molecule has 0 aliphatic carbocycles. The Morgan fingerprint density at radius 2 is 1.25 bits per heavy atom. The van der Waals surface area contributed by atoms with Crippen molar-refractivity contribution in [3.63, 3.8) is 0 Å². The third kappa shape index (κ3) is 10.5. The molecule has 0 aliphatic heterocycles. The zero-order valence-electron chi connectivity index (χ0n) is 16.6. The van der Waals surface area contributed by atoms with Gasteiger partial charge in [0.15, 0.2) is 0 Å². The Kier molecular flexibility index (Phi) is 14.9. The van der Waals surface area contributed by atoms with Crippen LogP contribution in [0.2, 0.25) is 13.3 Å². The van der Waals surface area contributed by atoms with Crippen LogP contribution in [0.1, 0.15) is 73.1 Å². The molecule has 0 heterocycles. The molecule has 0 fully saturated rings. The van der Waals surface area contributed by atoms with Crippen molar-refractivity contribution in [1.82, 2.24) is 0 Å². The van der Waals surface area contributed by atoms with E-state index in [1.165, 1.54) is 51.8 Å². The van der Waals surface area contributed by atoms with Crippen molar-refractivity contribution in [2.45, 2.75) is 86.5 Å². The second-order valence-corrected chi connectivity index (χ2v) is 21.2. The predicted molar refractivity (Wildman–Crippen MR) is 108 cm³/mol. The summed E-state index contributed by atoms with van der Waals surface area (Å²) in [5.41, 5.74) is 3.29. The number of hydrogen-bond donors (Lipinski definition) is 0. The normalized spacial score (nSPS) is 12.0. The van der Waals surface area contributed by atoms with E-state index in [1.54, 1.807) is 5.82 Å².